The number of hydrogen-bond acceptors (Lipinski definition) is 3. The average molecular weight is 292 g/mol. The molecule has 4 N–H and O–H groups in total. The number of pyridine rings is 1. The number of aromatic nitrogens is 1. The molecule has 3 rings (SSSR count). The summed E-state index contributed by atoms with van der Waals surface area (Å²) in [4.78, 5) is 8.26. The Balaban J connectivity index is 1.90. The number of rotatable bonds is 4. The number of ether oxygens (including phenoxy) is 1. The van der Waals surface area contributed by atoms with E-state index in [9.17, 15) is 0 Å². The molecule has 0 saturated carbocycles. The Morgan fingerprint density at radius 3 is 2.64 bits per heavy atom. The standard InChI is InChI=1S/C17H16N4O/c18-17(19)21-16-15-10-14(7-6-13(15)8-9-20-16)22-11-12-4-2-1-3-5-12/h1-10H,11H2,(H4,18,19,20,21). The van der Waals surface area contributed by atoms with Gasteiger partial charge in [0.05, 0.1) is 0 Å². The molecule has 0 radical (unpaired) electrons. The maximum absolute atomic E-state index is 5.82. The van der Waals surface area contributed by atoms with Crippen LogP contribution in [0, 0.1) is 0 Å². The molecule has 110 valence electrons. The van der Waals surface area contributed by atoms with Gasteiger partial charge in [-0.2, -0.15) is 4.99 Å². The lowest BCUT2D eigenvalue weighted by atomic mass is 10.1. The highest BCUT2D eigenvalue weighted by atomic mass is 16.5. The second-order valence-electron chi connectivity index (χ2n) is 4.83. The Labute approximate surface area is 128 Å². The van der Waals surface area contributed by atoms with Crippen LogP contribution in [-0.2, 0) is 6.61 Å². The minimum absolute atomic E-state index is 0.0180. The first-order valence-electron chi connectivity index (χ1n) is 6.87. The van der Waals surface area contributed by atoms with Crippen molar-refractivity contribution in [3.63, 3.8) is 0 Å². The number of aliphatic imine (C=N–C) groups is 1. The number of fused-ring (bicyclic) bond motifs is 1. The summed E-state index contributed by atoms with van der Waals surface area (Å²) in [5.74, 6) is 1.22. The third-order valence-corrected chi connectivity index (χ3v) is 3.20. The van der Waals surface area contributed by atoms with E-state index in [4.69, 9.17) is 16.2 Å². The zero-order valence-electron chi connectivity index (χ0n) is 11.9. The van der Waals surface area contributed by atoms with Crippen LogP contribution < -0.4 is 16.2 Å². The molecular formula is C17H16N4O. The van der Waals surface area contributed by atoms with Gasteiger partial charge >= 0.3 is 0 Å². The van der Waals surface area contributed by atoms with E-state index in [0.717, 1.165) is 22.1 Å². The van der Waals surface area contributed by atoms with Gasteiger partial charge in [0.1, 0.15) is 12.4 Å². The van der Waals surface area contributed by atoms with Crippen LogP contribution in [0.4, 0.5) is 5.82 Å². The predicted molar refractivity (Wildman–Crippen MR) is 88.0 cm³/mol. The molecule has 0 unspecified atom stereocenters. The Morgan fingerprint density at radius 2 is 1.86 bits per heavy atom. The van der Waals surface area contributed by atoms with E-state index in [1.807, 2.05) is 54.6 Å². The van der Waals surface area contributed by atoms with Gasteiger partial charge in [0, 0.05) is 11.6 Å². The highest BCUT2D eigenvalue weighted by Crippen LogP contribution is 2.27. The fourth-order valence-electron chi connectivity index (χ4n) is 2.17. The molecule has 2 aromatic carbocycles. The van der Waals surface area contributed by atoms with Crippen molar-refractivity contribution in [1.82, 2.24) is 4.98 Å². The normalized spacial score (nSPS) is 10.4. The van der Waals surface area contributed by atoms with Crippen molar-refractivity contribution >= 4 is 22.5 Å². The Morgan fingerprint density at radius 1 is 1.05 bits per heavy atom. The van der Waals surface area contributed by atoms with Gasteiger partial charge in [0.25, 0.3) is 0 Å². The minimum atomic E-state index is -0.0180. The van der Waals surface area contributed by atoms with Crippen molar-refractivity contribution in [3.8, 4) is 5.75 Å². The van der Waals surface area contributed by atoms with Crippen molar-refractivity contribution in [3.05, 3.63) is 66.4 Å². The largest absolute Gasteiger partial charge is 0.489 e. The zero-order valence-corrected chi connectivity index (χ0v) is 11.9. The smallest absolute Gasteiger partial charge is 0.192 e. The zero-order chi connectivity index (χ0) is 15.4. The number of nitrogens with two attached hydrogens (primary N) is 2. The maximum Gasteiger partial charge on any atom is 0.192 e. The van der Waals surface area contributed by atoms with Crippen molar-refractivity contribution < 1.29 is 4.74 Å². The molecule has 0 amide bonds. The Hall–Kier alpha value is -3.08. The summed E-state index contributed by atoms with van der Waals surface area (Å²) in [5, 5.41) is 1.85. The van der Waals surface area contributed by atoms with Crippen molar-refractivity contribution in [2.75, 3.05) is 0 Å². The van der Waals surface area contributed by atoms with E-state index in [1.165, 1.54) is 0 Å². The van der Waals surface area contributed by atoms with E-state index < -0.39 is 0 Å². The molecule has 0 spiro atoms. The van der Waals surface area contributed by atoms with Crippen LogP contribution in [-0.4, -0.2) is 10.9 Å². The van der Waals surface area contributed by atoms with Crippen LogP contribution in [0.5, 0.6) is 5.75 Å². The fraction of sp³-hybridized carbons (Fsp3) is 0.0588. The third-order valence-electron chi connectivity index (χ3n) is 3.20. The van der Waals surface area contributed by atoms with E-state index in [-0.39, 0.29) is 5.96 Å². The van der Waals surface area contributed by atoms with E-state index >= 15 is 0 Å². The van der Waals surface area contributed by atoms with Crippen molar-refractivity contribution in [2.24, 2.45) is 16.5 Å². The first-order valence-corrected chi connectivity index (χ1v) is 6.87. The molecule has 0 aliphatic carbocycles. The molecule has 0 aliphatic rings. The predicted octanol–water partition coefficient (Wildman–Crippen LogP) is 2.72. The van der Waals surface area contributed by atoms with Gasteiger partial charge in [0.15, 0.2) is 11.8 Å². The minimum Gasteiger partial charge on any atom is -0.489 e. The maximum atomic E-state index is 5.82. The molecule has 0 fully saturated rings. The second kappa shape index (κ2) is 6.13. The van der Waals surface area contributed by atoms with E-state index in [2.05, 4.69) is 9.98 Å². The van der Waals surface area contributed by atoms with Crippen LogP contribution in [0.2, 0.25) is 0 Å². The molecule has 0 atom stereocenters. The van der Waals surface area contributed by atoms with E-state index in [0.29, 0.717) is 12.4 Å². The van der Waals surface area contributed by atoms with Gasteiger partial charge in [-0.3, -0.25) is 0 Å². The van der Waals surface area contributed by atoms with E-state index in [1.54, 1.807) is 6.20 Å². The summed E-state index contributed by atoms with van der Waals surface area (Å²) in [5.41, 5.74) is 12.0. The van der Waals surface area contributed by atoms with Crippen LogP contribution >= 0.6 is 0 Å². The Kier molecular flexibility index (Phi) is 3.87. The van der Waals surface area contributed by atoms with Crippen molar-refractivity contribution in [2.45, 2.75) is 6.61 Å². The summed E-state index contributed by atoms with van der Waals surface area (Å²) in [6.45, 7) is 0.504. The van der Waals surface area contributed by atoms with Crippen LogP contribution in [0.3, 0.4) is 0 Å². The third kappa shape index (κ3) is 3.15. The lowest BCUT2D eigenvalue weighted by Crippen LogP contribution is -2.22. The number of nitrogens with zero attached hydrogens (tertiary/aromatic N) is 2. The molecule has 22 heavy (non-hydrogen) atoms. The van der Waals surface area contributed by atoms with Crippen molar-refractivity contribution in [1.29, 1.82) is 0 Å². The Bertz CT molecular complexity index is 811. The quantitative estimate of drug-likeness (QED) is 0.572. The first kappa shape index (κ1) is 13.9. The molecule has 3 aromatic rings. The van der Waals surface area contributed by atoms with Gasteiger partial charge in [-0.05, 0) is 29.1 Å². The lowest BCUT2D eigenvalue weighted by Gasteiger charge is -2.08. The number of hydrogen-bond donors (Lipinski definition) is 2. The highest BCUT2D eigenvalue weighted by Gasteiger charge is 2.04. The fourth-order valence-corrected chi connectivity index (χ4v) is 2.17. The summed E-state index contributed by atoms with van der Waals surface area (Å²) in [7, 11) is 0. The van der Waals surface area contributed by atoms with Gasteiger partial charge < -0.3 is 16.2 Å². The highest BCUT2D eigenvalue weighted by molar-refractivity contribution is 5.94. The molecule has 0 bridgehead atoms. The molecule has 5 heteroatoms. The van der Waals surface area contributed by atoms with Gasteiger partial charge in [-0.25, -0.2) is 4.98 Å². The monoisotopic (exact) mass is 292 g/mol. The molecule has 1 heterocycles. The molecule has 5 nitrogen and oxygen atoms in total. The molecule has 0 saturated heterocycles. The van der Waals surface area contributed by atoms with Gasteiger partial charge in [-0.1, -0.05) is 36.4 Å². The summed E-state index contributed by atoms with van der Waals surface area (Å²) < 4.78 is 5.82. The topological polar surface area (TPSA) is 86.5 Å². The summed E-state index contributed by atoms with van der Waals surface area (Å²) in [6.07, 6.45) is 1.68. The number of benzene rings is 2. The first-order chi connectivity index (χ1) is 10.7. The lowest BCUT2D eigenvalue weighted by molar-refractivity contribution is 0.306. The molecule has 1 aromatic heterocycles. The second-order valence-corrected chi connectivity index (χ2v) is 4.83. The van der Waals surface area contributed by atoms with Crippen LogP contribution in [0.15, 0.2) is 65.8 Å². The molecular weight excluding hydrogens is 276 g/mol. The SMILES string of the molecule is NC(N)=Nc1nccc2ccc(OCc3ccccc3)cc12. The summed E-state index contributed by atoms with van der Waals surface area (Å²) in [6, 6.07) is 17.7. The molecule has 0 aliphatic heterocycles. The number of guanidine groups is 1. The summed E-state index contributed by atoms with van der Waals surface area (Å²) >= 11 is 0. The van der Waals surface area contributed by atoms with Crippen LogP contribution in [0.1, 0.15) is 5.56 Å². The van der Waals surface area contributed by atoms with Gasteiger partial charge in [0.2, 0.25) is 0 Å². The van der Waals surface area contributed by atoms with Gasteiger partial charge in [-0.15, -0.1) is 0 Å². The average Bonchev–Trinajstić information content (AvgIpc) is 2.54. The van der Waals surface area contributed by atoms with Crippen LogP contribution in [0.25, 0.3) is 10.8 Å².